The summed E-state index contributed by atoms with van der Waals surface area (Å²) >= 11 is 0. The summed E-state index contributed by atoms with van der Waals surface area (Å²) in [6.45, 7) is 1.19. The Kier molecular flexibility index (Phi) is 3.74. The van der Waals surface area contributed by atoms with Gasteiger partial charge >= 0.3 is 6.36 Å². The lowest BCUT2D eigenvalue weighted by Crippen LogP contribution is -2.19. The first-order valence-electron chi connectivity index (χ1n) is 4.33. The molecule has 1 heterocycles. The van der Waals surface area contributed by atoms with Crippen LogP contribution in [0, 0.1) is 6.92 Å². The second-order valence-corrected chi connectivity index (χ2v) is 3.01. The topological polar surface area (TPSA) is 31.4 Å². The third kappa shape index (κ3) is 3.18. The van der Waals surface area contributed by atoms with Gasteiger partial charge in [0.25, 0.3) is 6.43 Å². The van der Waals surface area contributed by atoms with Crippen LogP contribution in [0.25, 0.3) is 0 Å². The van der Waals surface area contributed by atoms with E-state index in [9.17, 15) is 22.0 Å². The monoisotopic (exact) mass is 257 g/mol. The second kappa shape index (κ2) is 4.72. The lowest BCUT2D eigenvalue weighted by atomic mass is 10.2. The molecular weight excluding hydrogens is 249 g/mol. The normalized spacial score (nSPS) is 11.8. The highest BCUT2D eigenvalue weighted by Crippen LogP contribution is 2.40. The number of hydrogen-bond acceptors (Lipinski definition) is 3. The van der Waals surface area contributed by atoms with Crippen LogP contribution in [0.3, 0.4) is 0 Å². The molecule has 96 valence electrons. The zero-order valence-electron chi connectivity index (χ0n) is 8.81. The number of nitrogens with zero attached hydrogens (tertiary/aromatic N) is 1. The summed E-state index contributed by atoms with van der Waals surface area (Å²) in [4.78, 5) is 3.41. The van der Waals surface area contributed by atoms with E-state index in [0.717, 1.165) is 13.3 Å². The molecule has 8 heteroatoms. The van der Waals surface area contributed by atoms with Crippen LogP contribution in [0.2, 0.25) is 0 Å². The van der Waals surface area contributed by atoms with Gasteiger partial charge in [-0.05, 0) is 6.92 Å². The summed E-state index contributed by atoms with van der Waals surface area (Å²) in [5.41, 5.74) is -0.944. The maximum atomic E-state index is 12.5. The first-order valence-corrected chi connectivity index (χ1v) is 4.33. The molecule has 0 aliphatic rings. The largest absolute Gasteiger partial charge is 0.573 e. The Morgan fingerprint density at radius 3 is 2.24 bits per heavy atom. The van der Waals surface area contributed by atoms with E-state index in [1.807, 2.05) is 0 Å². The summed E-state index contributed by atoms with van der Waals surface area (Å²) in [5.74, 6) is -1.51. The first-order chi connectivity index (χ1) is 7.76. The average Bonchev–Trinajstić information content (AvgIpc) is 2.18. The van der Waals surface area contributed by atoms with Crippen molar-refractivity contribution in [3.63, 3.8) is 0 Å². The van der Waals surface area contributed by atoms with E-state index in [-0.39, 0.29) is 5.69 Å². The minimum Gasteiger partial charge on any atom is -0.492 e. The molecule has 3 nitrogen and oxygen atoms in total. The van der Waals surface area contributed by atoms with E-state index in [4.69, 9.17) is 0 Å². The van der Waals surface area contributed by atoms with Crippen molar-refractivity contribution in [1.29, 1.82) is 0 Å². The predicted molar refractivity (Wildman–Crippen MR) is 47.2 cm³/mol. The summed E-state index contributed by atoms with van der Waals surface area (Å²) < 4.78 is 69.4. The van der Waals surface area contributed by atoms with E-state index in [0.29, 0.717) is 0 Å². The maximum absolute atomic E-state index is 12.5. The van der Waals surface area contributed by atoms with Crippen LogP contribution in [0.1, 0.15) is 17.7 Å². The van der Waals surface area contributed by atoms with Gasteiger partial charge in [-0.2, -0.15) is 0 Å². The fourth-order valence-corrected chi connectivity index (χ4v) is 1.18. The lowest BCUT2D eigenvalue weighted by Gasteiger charge is -2.16. The maximum Gasteiger partial charge on any atom is 0.573 e. The Balaban J connectivity index is 3.30. The molecule has 0 radical (unpaired) electrons. The molecule has 0 aromatic carbocycles. The smallest absolute Gasteiger partial charge is 0.492 e. The van der Waals surface area contributed by atoms with Gasteiger partial charge in [0, 0.05) is 6.20 Å². The van der Waals surface area contributed by atoms with Crippen molar-refractivity contribution in [1.82, 2.24) is 4.98 Å². The van der Waals surface area contributed by atoms with Gasteiger partial charge in [0.15, 0.2) is 11.5 Å². The molecular formula is C9H8F5NO2. The number of halogens is 5. The Bertz CT molecular complexity index is 405. The molecule has 0 unspecified atom stereocenters. The molecule has 0 spiro atoms. The fourth-order valence-electron chi connectivity index (χ4n) is 1.18. The molecule has 0 amide bonds. The van der Waals surface area contributed by atoms with Crippen LogP contribution in [0.15, 0.2) is 6.20 Å². The van der Waals surface area contributed by atoms with Crippen molar-refractivity contribution in [3.8, 4) is 11.5 Å². The molecule has 1 aromatic rings. The number of hydrogen-bond donors (Lipinski definition) is 0. The van der Waals surface area contributed by atoms with Gasteiger partial charge in [0.05, 0.1) is 18.4 Å². The highest BCUT2D eigenvalue weighted by molar-refractivity contribution is 5.48. The van der Waals surface area contributed by atoms with Crippen molar-refractivity contribution in [3.05, 3.63) is 17.5 Å². The number of rotatable bonds is 3. The number of pyridine rings is 1. The Morgan fingerprint density at radius 2 is 1.82 bits per heavy atom. The molecule has 0 aliphatic carbocycles. The Morgan fingerprint density at radius 1 is 1.24 bits per heavy atom. The lowest BCUT2D eigenvalue weighted by molar-refractivity contribution is -0.275. The molecule has 0 fully saturated rings. The minimum absolute atomic E-state index is 0.191. The van der Waals surface area contributed by atoms with Gasteiger partial charge in [-0.15, -0.1) is 13.2 Å². The van der Waals surface area contributed by atoms with Crippen LogP contribution in [0.4, 0.5) is 22.0 Å². The highest BCUT2D eigenvalue weighted by atomic mass is 19.4. The highest BCUT2D eigenvalue weighted by Gasteiger charge is 2.35. The van der Waals surface area contributed by atoms with Crippen molar-refractivity contribution in [2.75, 3.05) is 7.11 Å². The summed E-state index contributed by atoms with van der Waals surface area (Å²) in [6, 6.07) is 0. The fraction of sp³-hybridized carbons (Fsp3) is 0.444. The third-order valence-corrected chi connectivity index (χ3v) is 1.85. The first kappa shape index (κ1) is 13.5. The Labute approximate surface area is 93.2 Å². The van der Waals surface area contributed by atoms with Crippen LogP contribution >= 0.6 is 0 Å². The molecule has 1 aromatic heterocycles. The quantitative estimate of drug-likeness (QED) is 0.779. The molecule has 0 saturated carbocycles. The number of aromatic nitrogens is 1. The second-order valence-electron chi connectivity index (χ2n) is 3.01. The standard InChI is InChI=1S/C9H8F5NO2/c1-4-6(17-9(12,13)14)7(16-2)5(3-15-4)8(10)11/h3,8H,1-2H3. The Hall–Kier alpha value is -1.60. The van der Waals surface area contributed by atoms with E-state index < -0.39 is 29.9 Å². The molecule has 1 rings (SSSR count). The number of ether oxygens (including phenoxy) is 2. The molecule has 0 N–H and O–H groups in total. The molecule has 0 bridgehead atoms. The van der Waals surface area contributed by atoms with Gasteiger partial charge in [0.2, 0.25) is 0 Å². The molecule has 0 aliphatic heterocycles. The van der Waals surface area contributed by atoms with Gasteiger partial charge in [0.1, 0.15) is 0 Å². The molecule has 0 saturated heterocycles. The number of alkyl halides is 5. The minimum atomic E-state index is -5.00. The number of methoxy groups -OCH3 is 1. The number of aryl methyl sites for hydroxylation is 1. The van der Waals surface area contributed by atoms with Crippen molar-refractivity contribution < 1.29 is 31.4 Å². The van der Waals surface area contributed by atoms with Crippen LogP contribution in [-0.4, -0.2) is 18.5 Å². The summed E-state index contributed by atoms with van der Waals surface area (Å²) in [6.07, 6.45) is -7.25. The van der Waals surface area contributed by atoms with E-state index in [1.54, 1.807) is 0 Å². The van der Waals surface area contributed by atoms with Crippen molar-refractivity contribution in [2.24, 2.45) is 0 Å². The van der Waals surface area contributed by atoms with E-state index in [1.165, 1.54) is 6.92 Å². The summed E-state index contributed by atoms with van der Waals surface area (Å²) in [7, 11) is 0.976. The SMILES string of the molecule is COc1c(C(F)F)cnc(C)c1OC(F)(F)F. The molecule has 0 atom stereocenters. The third-order valence-electron chi connectivity index (χ3n) is 1.85. The molecule has 17 heavy (non-hydrogen) atoms. The predicted octanol–water partition coefficient (Wildman–Crippen LogP) is 3.23. The van der Waals surface area contributed by atoms with Gasteiger partial charge in [-0.3, -0.25) is 4.98 Å². The van der Waals surface area contributed by atoms with E-state index in [2.05, 4.69) is 14.5 Å². The van der Waals surface area contributed by atoms with Crippen molar-refractivity contribution in [2.45, 2.75) is 19.7 Å². The average molecular weight is 257 g/mol. The van der Waals surface area contributed by atoms with Gasteiger partial charge in [-0.1, -0.05) is 0 Å². The van der Waals surface area contributed by atoms with Gasteiger partial charge in [-0.25, -0.2) is 8.78 Å². The zero-order chi connectivity index (χ0) is 13.2. The van der Waals surface area contributed by atoms with E-state index >= 15 is 0 Å². The van der Waals surface area contributed by atoms with Crippen molar-refractivity contribution >= 4 is 0 Å². The van der Waals surface area contributed by atoms with Crippen LogP contribution in [-0.2, 0) is 0 Å². The zero-order valence-corrected chi connectivity index (χ0v) is 8.81. The van der Waals surface area contributed by atoms with Crippen LogP contribution < -0.4 is 9.47 Å². The summed E-state index contributed by atoms with van der Waals surface area (Å²) in [5, 5.41) is 0. The van der Waals surface area contributed by atoms with Crippen LogP contribution in [0.5, 0.6) is 11.5 Å². The van der Waals surface area contributed by atoms with Gasteiger partial charge < -0.3 is 9.47 Å².